The number of methoxy groups -OCH3 is 1. The number of para-hydroxylation sites is 2. The number of nitrogens with one attached hydrogen (secondary N) is 2. The summed E-state index contributed by atoms with van der Waals surface area (Å²) in [6, 6.07) is 12.7. The quantitative estimate of drug-likeness (QED) is 0.549. The summed E-state index contributed by atoms with van der Waals surface area (Å²) in [5, 5.41) is 3.15. The van der Waals surface area contributed by atoms with Crippen molar-refractivity contribution in [1.82, 2.24) is 4.57 Å². The van der Waals surface area contributed by atoms with Gasteiger partial charge in [0.05, 0.1) is 22.7 Å². The van der Waals surface area contributed by atoms with Crippen molar-refractivity contribution in [1.29, 1.82) is 0 Å². The summed E-state index contributed by atoms with van der Waals surface area (Å²) in [7, 11) is -0.882. The van der Waals surface area contributed by atoms with Crippen molar-refractivity contribution >= 4 is 50.5 Å². The van der Waals surface area contributed by atoms with Gasteiger partial charge in [-0.2, -0.15) is 0 Å². The third-order valence-corrected chi connectivity index (χ3v) is 6.79. The summed E-state index contributed by atoms with van der Waals surface area (Å²) in [4.78, 5) is 12.6. The number of hydrogen-bond acceptors (Lipinski definition) is 4. The van der Waals surface area contributed by atoms with Crippen LogP contribution in [-0.2, 0) is 17.1 Å². The molecular weight excluding hydrogens is 449 g/mol. The number of anilines is 2. The molecule has 2 N–H and O–H groups in total. The third kappa shape index (κ3) is 4.40. The molecule has 0 bridgehead atoms. The largest absolute Gasteiger partial charge is 0.495 e. The van der Waals surface area contributed by atoms with Gasteiger partial charge >= 0.3 is 0 Å². The van der Waals surface area contributed by atoms with E-state index < -0.39 is 15.9 Å². The zero-order valence-electron chi connectivity index (χ0n) is 16.4. The van der Waals surface area contributed by atoms with Gasteiger partial charge in [0, 0.05) is 12.7 Å². The van der Waals surface area contributed by atoms with Gasteiger partial charge in [0.15, 0.2) is 0 Å². The average molecular weight is 468 g/mol. The monoisotopic (exact) mass is 467 g/mol. The fraction of sp³-hybridized carbons (Fsp3) is 0.150. The van der Waals surface area contributed by atoms with Gasteiger partial charge in [0.2, 0.25) is 0 Å². The first-order chi connectivity index (χ1) is 14.1. The van der Waals surface area contributed by atoms with Gasteiger partial charge in [-0.05, 0) is 42.8 Å². The van der Waals surface area contributed by atoms with Crippen molar-refractivity contribution in [3.63, 3.8) is 0 Å². The molecule has 7 nitrogen and oxygen atoms in total. The van der Waals surface area contributed by atoms with Gasteiger partial charge < -0.3 is 14.6 Å². The Balaban J connectivity index is 1.91. The Labute approximate surface area is 184 Å². The first-order valence-electron chi connectivity index (χ1n) is 8.72. The number of ether oxygens (including phenoxy) is 1. The zero-order chi connectivity index (χ0) is 22.1. The lowest BCUT2D eigenvalue weighted by Gasteiger charge is -2.14. The van der Waals surface area contributed by atoms with Crippen LogP contribution in [0.5, 0.6) is 5.75 Å². The van der Waals surface area contributed by atoms with E-state index in [4.69, 9.17) is 27.9 Å². The minimum Gasteiger partial charge on any atom is -0.495 e. The molecule has 2 aromatic carbocycles. The van der Waals surface area contributed by atoms with E-state index in [2.05, 4.69) is 10.0 Å². The molecule has 1 heterocycles. The molecule has 0 aliphatic carbocycles. The van der Waals surface area contributed by atoms with Gasteiger partial charge in [-0.1, -0.05) is 41.4 Å². The number of hydrogen-bond donors (Lipinski definition) is 2. The lowest BCUT2D eigenvalue weighted by atomic mass is 10.2. The number of aryl methyl sites for hydroxylation is 1. The Bertz CT molecular complexity index is 1220. The maximum Gasteiger partial charge on any atom is 0.272 e. The fourth-order valence-electron chi connectivity index (χ4n) is 2.85. The summed E-state index contributed by atoms with van der Waals surface area (Å²) >= 11 is 12.0. The van der Waals surface area contributed by atoms with Crippen LogP contribution in [0.25, 0.3) is 0 Å². The van der Waals surface area contributed by atoms with Crippen LogP contribution in [0.2, 0.25) is 10.2 Å². The number of sulfonamides is 1. The molecule has 30 heavy (non-hydrogen) atoms. The van der Waals surface area contributed by atoms with E-state index in [1.807, 2.05) is 0 Å². The molecule has 0 fully saturated rings. The van der Waals surface area contributed by atoms with Crippen LogP contribution in [0.4, 0.5) is 11.4 Å². The third-order valence-electron chi connectivity index (χ3n) is 4.44. The Hall–Kier alpha value is -2.68. The van der Waals surface area contributed by atoms with Gasteiger partial charge in [0.1, 0.15) is 16.6 Å². The Morgan fingerprint density at radius 1 is 1.10 bits per heavy atom. The topological polar surface area (TPSA) is 89.4 Å². The van der Waals surface area contributed by atoms with Crippen LogP contribution < -0.4 is 14.8 Å². The predicted molar refractivity (Wildman–Crippen MR) is 118 cm³/mol. The second kappa shape index (κ2) is 8.59. The number of carbonyl (C=O) groups excluding carboxylic acids is 1. The van der Waals surface area contributed by atoms with E-state index in [9.17, 15) is 13.2 Å². The van der Waals surface area contributed by atoms with E-state index in [1.165, 1.54) is 23.8 Å². The van der Waals surface area contributed by atoms with E-state index >= 15 is 0 Å². The number of nitrogens with zero attached hydrogens (tertiary/aromatic N) is 1. The highest BCUT2D eigenvalue weighted by molar-refractivity contribution is 7.92. The van der Waals surface area contributed by atoms with Crippen LogP contribution in [0.1, 0.15) is 16.1 Å². The maximum absolute atomic E-state index is 13.0. The SMILES string of the molecule is COc1ccccc1NS(=O)(=O)c1cc(NC(=O)c2cc(Cl)c(Cl)n2C)ccc1C. The molecule has 0 saturated heterocycles. The number of carbonyl (C=O) groups is 1. The average Bonchev–Trinajstić information content (AvgIpc) is 2.97. The van der Waals surface area contributed by atoms with Crippen LogP contribution in [-0.4, -0.2) is 26.0 Å². The summed E-state index contributed by atoms with van der Waals surface area (Å²) in [6.45, 7) is 1.67. The van der Waals surface area contributed by atoms with Crippen molar-refractivity contribution in [3.8, 4) is 5.75 Å². The minimum atomic E-state index is -3.94. The van der Waals surface area contributed by atoms with Crippen molar-refractivity contribution < 1.29 is 17.9 Å². The highest BCUT2D eigenvalue weighted by Gasteiger charge is 2.21. The lowest BCUT2D eigenvalue weighted by molar-refractivity contribution is 0.101. The summed E-state index contributed by atoms with van der Waals surface area (Å²) in [5.41, 5.74) is 1.36. The highest BCUT2D eigenvalue weighted by Crippen LogP contribution is 2.29. The van der Waals surface area contributed by atoms with E-state index in [0.29, 0.717) is 22.7 Å². The number of aromatic nitrogens is 1. The van der Waals surface area contributed by atoms with Crippen molar-refractivity contribution in [2.75, 3.05) is 17.1 Å². The molecule has 3 rings (SSSR count). The van der Waals surface area contributed by atoms with Gasteiger partial charge in [-0.3, -0.25) is 9.52 Å². The van der Waals surface area contributed by atoms with Crippen molar-refractivity contribution in [2.45, 2.75) is 11.8 Å². The van der Waals surface area contributed by atoms with Crippen LogP contribution in [0, 0.1) is 6.92 Å². The molecule has 0 atom stereocenters. The minimum absolute atomic E-state index is 0.0224. The van der Waals surface area contributed by atoms with E-state index in [1.54, 1.807) is 50.4 Å². The van der Waals surface area contributed by atoms with Gasteiger partial charge in [0.25, 0.3) is 15.9 Å². The molecule has 0 aliphatic rings. The molecule has 1 amide bonds. The second-order valence-electron chi connectivity index (χ2n) is 6.47. The molecule has 0 saturated carbocycles. The van der Waals surface area contributed by atoms with E-state index in [0.717, 1.165) is 0 Å². The standard InChI is InChI=1S/C20H19Cl2N3O4S/c1-12-8-9-13(23-20(26)16-11-14(21)19(22)25(16)2)10-18(12)30(27,28)24-15-6-4-5-7-17(15)29-3/h4-11,24H,1-3H3,(H,23,26). The lowest BCUT2D eigenvalue weighted by Crippen LogP contribution is -2.18. The number of halogens is 2. The molecule has 0 spiro atoms. The number of rotatable bonds is 6. The van der Waals surface area contributed by atoms with Crippen molar-refractivity contribution in [3.05, 3.63) is 70.0 Å². The molecule has 0 unspecified atom stereocenters. The van der Waals surface area contributed by atoms with Crippen molar-refractivity contribution in [2.24, 2.45) is 7.05 Å². The molecule has 3 aromatic rings. The van der Waals surface area contributed by atoms with Gasteiger partial charge in [-0.25, -0.2) is 8.42 Å². The van der Waals surface area contributed by atoms with Crippen LogP contribution >= 0.6 is 23.2 Å². The summed E-state index contributed by atoms with van der Waals surface area (Å²) < 4.78 is 35.1. The summed E-state index contributed by atoms with van der Waals surface area (Å²) in [5.74, 6) is -0.0863. The van der Waals surface area contributed by atoms with Gasteiger partial charge in [-0.15, -0.1) is 0 Å². The van der Waals surface area contributed by atoms with E-state index in [-0.39, 0.29) is 20.8 Å². The molecule has 10 heteroatoms. The molecular formula is C20H19Cl2N3O4S. The molecule has 0 radical (unpaired) electrons. The first-order valence-corrected chi connectivity index (χ1v) is 11.0. The molecule has 0 aliphatic heterocycles. The second-order valence-corrected chi connectivity index (χ2v) is 8.88. The smallest absolute Gasteiger partial charge is 0.272 e. The maximum atomic E-state index is 13.0. The number of amides is 1. The Morgan fingerprint density at radius 3 is 2.43 bits per heavy atom. The molecule has 1 aromatic heterocycles. The number of benzene rings is 2. The molecule has 158 valence electrons. The normalized spacial score (nSPS) is 11.2. The van der Waals surface area contributed by atoms with Crippen LogP contribution in [0.15, 0.2) is 53.4 Å². The van der Waals surface area contributed by atoms with Crippen LogP contribution in [0.3, 0.4) is 0 Å². The zero-order valence-corrected chi connectivity index (χ0v) is 18.7. The summed E-state index contributed by atoms with van der Waals surface area (Å²) in [6.07, 6.45) is 0. The Kier molecular flexibility index (Phi) is 6.30. The fourth-order valence-corrected chi connectivity index (χ4v) is 4.57. The predicted octanol–water partition coefficient (Wildman–Crippen LogP) is 4.70. The highest BCUT2D eigenvalue weighted by atomic mass is 35.5. The Morgan fingerprint density at radius 2 is 1.80 bits per heavy atom. The first kappa shape index (κ1) is 22.0.